The lowest BCUT2D eigenvalue weighted by Crippen LogP contribution is -2.27. The van der Waals surface area contributed by atoms with Crippen LogP contribution in [0, 0.1) is 0 Å². The van der Waals surface area contributed by atoms with Crippen LogP contribution < -0.4 is 20.7 Å². The zero-order valence-corrected chi connectivity index (χ0v) is 24.8. The van der Waals surface area contributed by atoms with E-state index in [-0.39, 0.29) is 12.5 Å². The number of hydrogen-bond donors (Lipinski definition) is 3. The number of carbonyl (C=O) groups excluding carboxylic acids is 2. The van der Waals surface area contributed by atoms with E-state index in [9.17, 15) is 18.0 Å². The van der Waals surface area contributed by atoms with Crippen molar-refractivity contribution in [1.82, 2.24) is 10.0 Å². The van der Waals surface area contributed by atoms with Gasteiger partial charge < -0.3 is 25.4 Å². The van der Waals surface area contributed by atoms with Crippen molar-refractivity contribution >= 4 is 38.3 Å². The molecule has 4 N–H and O–H groups in total. The van der Waals surface area contributed by atoms with E-state index >= 15 is 0 Å². The molecule has 0 unspecified atom stereocenters. The predicted octanol–water partition coefficient (Wildman–Crippen LogP) is 3.33. The lowest BCUT2D eigenvalue weighted by atomic mass is 10.1. The fourth-order valence-electron chi connectivity index (χ4n) is 4.39. The SMILES string of the molecule is CN(C)c1cccc2c(S(=O)(=O)NCCCCCCCCCCC(=O)NCCOCCOCC(N)=O)cccc12. The van der Waals surface area contributed by atoms with Gasteiger partial charge in [-0.3, -0.25) is 9.59 Å². The van der Waals surface area contributed by atoms with Crippen molar-refractivity contribution in [3.63, 3.8) is 0 Å². The Morgan fingerprint density at radius 1 is 0.800 bits per heavy atom. The summed E-state index contributed by atoms with van der Waals surface area (Å²) in [6.07, 6.45) is 8.54. The van der Waals surface area contributed by atoms with Crippen LogP contribution in [0.3, 0.4) is 0 Å². The molecule has 11 heteroatoms. The van der Waals surface area contributed by atoms with Gasteiger partial charge in [-0.1, -0.05) is 62.8 Å². The Morgan fingerprint density at radius 2 is 1.43 bits per heavy atom. The van der Waals surface area contributed by atoms with Gasteiger partial charge in [-0.25, -0.2) is 13.1 Å². The molecule has 0 heterocycles. The number of ether oxygens (including phenoxy) is 2. The highest BCUT2D eigenvalue weighted by Crippen LogP contribution is 2.30. The Kier molecular flexibility index (Phi) is 15.6. The Labute approximate surface area is 239 Å². The molecule has 0 fully saturated rings. The fourth-order valence-corrected chi connectivity index (χ4v) is 5.68. The molecule has 0 aliphatic carbocycles. The molecule has 2 rings (SSSR count). The molecule has 0 saturated heterocycles. The zero-order chi connectivity index (χ0) is 29.2. The molecule has 0 atom stereocenters. The number of fused-ring (bicyclic) bond motifs is 1. The van der Waals surface area contributed by atoms with Crippen molar-refractivity contribution in [3.8, 4) is 0 Å². The van der Waals surface area contributed by atoms with Crippen LogP contribution in [0.15, 0.2) is 41.3 Å². The summed E-state index contributed by atoms with van der Waals surface area (Å²) in [6.45, 7) is 1.80. The summed E-state index contributed by atoms with van der Waals surface area (Å²) >= 11 is 0. The number of benzene rings is 2. The van der Waals surface area contributed by atoms with Crippen LogP contribution in [-0.2, 0) is 29.1 Å². The van der Waals surface area contributed by atoms with Crippen LogP contribution in [0.4, 0.5) is 5.69 Å². The van der Waals surface area contributed by atoms with Crippen LogP contribution >= 0.6 is 0 Å². The number of hydrogen-bond acceptors (Lipinski definition) is 7. The standard InChI is InChI=1S/C29H46N4O6S/c1-33(2)26-15-11-14-25-24(26)13-12-16-27(25)40(36,37)32-18-10-8-6-4-3-5-7-9-17-29(35)31-19-20-38-21-22-39-23-28(30)34/h11-16,32H,3-10,17-23H2,1-2H3,(H2,30,34)(H,31,35). The van der Waals surface area contributed by atoms with E-state index in [2.05, 4.69) is 10.0 Å². The Morgan fingerprint density at radius 3 is 2.12 bits per heavy atom. The van der Waals surface area contributed by atoms with Gasteiger partial charge in [0.1, 0.15) is 6.61 Å². The van der Waals surface area contributed by atoms with Crippen LogP contribution in [-0.4, -0.2) is 73.8 Å². The van der Waals surface area contributed by atoms with Crippen molar-refractivity contribution in [2.75, 3.05) is 58.5 Å². The average Bonchev–Trinajstić information content (AvgIpc) is 2.92. The number of primary amides is 1. The van der Waals surface area contributed by atoms with E-state index in [0.29, 0.717) is 44.2 Å². The molecule has 2 aromatic carbocycles. The minimum absolute atomic E-state index is 0.0256. The van der Waals surface area contributed by atoms with Crippen LogP contribution in [0.25, 0.3) is 10.8 Å². The van der Waals surface area contributed by atoms with E-state index in [1.165, 1.54) is 0 Å². The third-order valence-corrected chi connectivity index (χ3v) is 7.96. The highest BCUT2D eigenvalue weighted by Gasteiger charge is 2.18. The van der Waals surface area contributed by atoms with Gasteiger partial charge in [0.2, 0.25) is 21.8 Å². The monoisotopic (exact) mass is 578 g/mol. The minimum atomic E-state index is -3.59. The topological polar surface area (TPSA) is 140 Å². The molecular weight excluding hydrogens is 532 g/mol. The number of unbranched alkanes of at least 4 members (excludes halogenated alkanes) is 7. The molecule has 0 spiro atoms. The lowest BCUT2D eigenvalue weighted by molar-refractivity contribution is -0.123. The first kappa shape index (κ1) is 33.5. The lowest BCUT2D eigenvalue weighted by Gasteiger charge is -2.17. The first-order chi connectivity index (χ1) is 19.2. The smallest absolute Gasteiger partial charge is 0.243 e. The van der Waals surface area contributed by atoms with Gasteiger partial charge in [-0.15, -0.1) is 0 Å². The van der Waals surface area contributed by atoms with E-state index < -0.39 is 15.9 Å². The number of nitrogens with two attached hydrogens (primary N) is 1. The zero-order valence-electron chi connectivity index (χ0n) is 24.0. The van der Waals surface area contributed by atoms with Crippen molar-refractivity contribution in [3.05, 3.63) is 36.4 Å². The fraction of sp³-hybridized carbons (Fsp3) is 0.586. The number of nitrogens with zero attached hydrogens (tertiary/aromatic N) is 1. The molecule has 0 aliphatic rings. The predicted molar refractivity (Wildman–Crippen MR) is 159 cm³/mol. The molecule has 0 radical (unpaired) electrons. The summed E-state index contributed by atoms with van der Waals surface area (Å²) in [6, 6.07) is 11.1. The van der Waals surface area contributed by atoms with Gasteiger partial charge >= 0.3 is 0 Å². The second-order valence-electron chi connectivity index (χ2n) is 9.98. The molecule has 2 aromatic rings. The van der Waals surface area contributed by atoms with Crippen LogP contribution in [0.2, 0.25) is 0 Å². The van der Waals surface area contributed by atoms with Crippen molar-refractivity contribution in [2.24, 2.45) is 5.73 Å². The molecule has 0 aliphatic heterocycles. The number of nitrogens with one attached hydrogen (secondary N) is 2. The van der Waals surface area contributed by atoms with Crippen molar-refractivity contribution in [2.45, 2.75) is 62.7 Å². The van der Waals surface area contributed by atoms with Gasteiger partial charge in [0.05, 0.1) is 24.7 Å². The highest BCUT2D eigenvalue weighted by molar-refractivity contribution is 7.89. The van der Waals surface area contributed by atoms with E-state index in [1.807, 2.05) is 43.3 Å². The van der Waals surface area contributed by atoms with E-state index in [1.54, 1.807) is 12.1 Å². The Hall–Kier alpha value is -2.73. The second kappa shape index (κ2) is 18.6. The molecular formula is C29H46N4O6S. The number of sulfonamides is 1. The van der Waals surface area contributed by atoms with E-state index in [0.717, 1.165) is 67.8 Å². The second-order valence-corrected chi connectivity index (χ2v) is 11.7. The molecule has 2 amide bonds. The molecule has 40 heavy (non-hydrogen) atoms. The normalized spacial score (nSPS) is 11.6. The van der Waals surface area contributed by atoms with Gasteiger partial charge in [-0.2, -0.15) is 0 Å². The van der Waals surface area contributed by atoms with Gasteiger partial charge in [0.15, 0.2) is 0 Å². The number of anilines is 1. The summed E-state index contributed by atoms with van der Waals surface area (Å²) in [7, 11) is 0.311. The van der Waals surface area contributed by atoms with Gasteiger partial charge in [-0.05, 0) is 25.0 Å². The average molecular weight is 579 g/mol. The summed E-state index contributed by atoms with van der Waals surface area (Å²) in [5, 5.41) is 4.48. The number of carbonyl (C=O) groups is 2. The van der Waals surface area contributed by atoms with Crippen molar-refractivity contribution < 1.29 is 27.5 Å². The Bertz CT molecular complexity index is 1160. The molecule has 10 nitrogen and oxygen atoms in total. The largest absolute Gasteiger partial charge is 0.377 e. The third kappa shape index (κ3) is 12.6. The quantitative estimate of drug-likeness (QED) is 0.182. The summed E-state index contributed by atoms with van der Waals surface area (Å²) in [5.74, 6) is -0.486. The molecule has 0 bridgehead atoms. The number of rotatable bonds is 22. The highest BCUT2D eigenvalue weighted by atomic mass is 32.2. The van der Waals surface area contributed by atoms with Crippen molar-refractivity contribution in [1.29, 1.82) is 0 Å². The molecule has 0 saturated carbocycles. The maximum absolute atomic E-state index is 13.0. The molecule has 0 aromatic heterocycles. The summed E-state index contributed by atoms with van der Waals surface area (Å²) < 4.78 is 39.0. The van der Waals surface area contributed by atoms with Crippen LogP contribution in [0.5, 0.6) is 0 Å². The first-order valence-corrected chi connectivity index (χ1v) is 15.6. The van der Waals surface area contributed by atoms with Gasteiger partial charge in [0, 0.05) is 50.1 Å². The Balaban J connectivity index is 1.48. The summed E-state index contributed by atoms with van der Waals surface area (Å²) in [4.78, 5) is 24.7. The van der Waals surface area contributed by atoms with Gasteiger partial charge in [0.25, 0.3) is 0 Å². The molecule has 224 valence electrons. The maximum atomic E-state index is 13.0. The maximum Gasteiger partial charge on any atom is 0.243 e. The number of amides is 2. The summed E-state index contributed by atoms with van der Waals surface area (Å²) in [5.41, 5.74) is 5.95. The minimum Gasteiger partial charge on any atom is -0.377 e. The van der Waals surface area contributed by atoms with E-state index in [4.69, 9.17) is 15.2 Å². The first-order valence-electron chi connectivity index (χ1n) is 14.1. The van der Waals surface area contributed by atoms with Crippen LogP contribution in [0.1, 0.15) is 57.8 Å². The third-order valence-electron chi connectivity index (χ3n) is 6.44.